The van der Waals surface area contributed by atoms with Gasteiger partial charge in [0.15, 0.2) is 11.0 Å². The summed E-state index contributed by atoms with van der Waals surface area (Å²) in [6, 6.07) is 13.0. The lowest BCUT2D eigenvalue weighted by Gasteiger charge is -2.09. The van der Waals surface area contributed by atoms with Gasteiger partial charge in [0, 0.05) is 22.3 Å². The minimum Gasteiger partial charge on any atom is -0.345 e. The average molecular weight is 500 g/mol. The van der Waals surface area contributed by atoms with Gasteiger partial charge < -0.3 is 9.88 Å². The topological polar surface area (TPSA) is 59.8 Å². The van der Waals surface area contributed by atoms with Gasteiger partial charge in [-0.2, -0.15) is 0 Å². The van der Waals surface area contributed by atoms with Gasteiger partial charge in [0.2, 0.25) is 0 Å². The Kier molecular flexibility index (Phi) is 7.40. The third-order valence-corrected chi connectivity index (χ3v) is 6.29. The quantitative estimate of drug-likeness (QED) is 0.430. The van der Waals surface area contributed by atoms with Gasteiger partial charge in [-0.1, -0.05) is 63.0 Å². The molecule has 0 bridgehead atoms. The van der Waals surface area contributed by atoms with Crippen molar-refractivity contribution in [3.63, 3.8) is 0 Å². The van der Waals surface area contributed by atoms with E-state index in [9.17, 15) is 4.79 Å². The van der Waals surface area contributed by atoms with E-state index in [0.717, 1.165) is 15.4 Å². The maximum atomic E-state index is 12.3. The van der Waals surface area contributed by atoms with Crippen molar-refractivity contribution in [2.75, 3.05) is 0 Å². The Bertz CT molecular complexity index is 979. The summed E-state index contributed by atoms with van der Waals surface area (Å²) in [6.07, 6.45) is 0. The van der Waals surface area contributed by atoms with Crippen LogP contribution in [0.4, 0.5) is 0 Å². The number of halogens is 3. The van der Waals surface area contributed by atoms with Gasteiger partial charge >= 0.3 is 0 Å². The van der Waals surface area contributed by atoms with E-state index in [0.29, 0.717) is 28.0 Å². The first-order chi connectivity index (χ1) is 13.5. The number of thioether (sulfide) groups is 1. The number of amides is 1. The second-order valence-electron chi connectivity index (χ2n) is 5.87. The summed E-state index contributed by atoms with van der Waals surface area (Å²) in [4.78, 5) is 12.3. The third kappa shape index (κ3) is 5.29. The number of benzene rings is 2. The molecule has 146 valence electrons. The van der Waals surface area contributed by atoms with Crippen LogP contribution in [-0.2, 0) is 18.8 Å². The molecule has 3 aromatic rings. The molecule has 0 aliphatic carbocycles. The molecule has 9 heteroatoms. The molecule has 0 spiro atoms. The molecule has 1 N–H and O–H groups in total. The van der Waals surface area contributed by atoms with Gasteiger partial charge in [-0.05, 0) is 42.8 Å². The van der Waals surface area contributed by atoms with Crippen molar-refractivity contribution in [2.45, 2.75) is 30.9 Å². The van der Waals surface area contributed by atoms with Crippen LogP contribution in [0.1, 0.15) is 28.7 Å². The van der Waals surface area contributed by atoms with Crippen molar-refractivity contribution in [2.24, 2.45) is 0 Å². The van der Waals surface area contributed by atoms with E-state index in [1.807, 2.05) is 23.6 Å². The second kappa shape index (κ2) is 9.78. The summed E-state index contributed by atoms with van der Waals surface area (Å²) in [5.41, 5.74) is 1.65. The van der Waals surface area contributed by atoms with E-state index in [4.69, 9.17) is 23.2 Å². The van der Waals surface area contributed by atoms with Gasteiger partial charge in [-0.3, -0.25) is 4.79 Å². The van der Waals surface area contributed by atoms with E-state index in [2.05, 4.69) is 43.6 Å². The van der Waals surface area contributed by atoms with Crippen molar-refractivity contribution in [1.82, 2.24) is 20.1 Å². The van der Waals surface area contributed by atoms with E-state index in [1.54, 1.807) is 30.0 Å². The lowest BCUT2D eigenvalue weighted by molar-refractivity contribution is 0.0949. The maximum Gasteiger partial charge on any atom is 0.251 e. The molecule has 0 aliphatic heterocycles. The summed E-state index contributed by atoms with van der Waals surface area (Å²) < 4.78 is 3.05. The predicted octanol–water partition coefficient (Wildman–Crippen LogP) is 5.59. The number of rotatable bonds is 7. The minimum absolute atomic E-state index is 0.242. The van der Waals surface area contributed by atoms with E-state index in [1.165, 1.54) is 5.56 Å². The summed E-state index contributed by atoms with van der Waals surface area (Å²) in [5.74, 6) is 1.25. The number of hydrogen-bond donors (Lipinski definition) is 1. The molecular weight excluding hydrogens is 483 g/mol. The largest absolute Gasteiger partial charge is 0.345 e. The zero-order valence-corrected chi connectivity index (χ0v) is 18.9. The molecular formula is C19H17BrCl2N4OS. The molecule has 0 saturated carbocycles. The molecule has 1 heterocycles. The number of nitrogens with one attached hydrogen (secondary N) is 1. The highest BCUT2D eigenvalue weighted by Crippen LogP contribution is 2.24. The lowest BCUT2D eigenvalue weighted by atomic mass is 10.2. The Morgan fingerprint density at radius 1 is 1.14 bits per heavy atom. The van der Waals surface area contributed by atoms with E-state index < -0.39 is 0 Å². The Hall–Kier alpha value is -1.54. The molecule has 0 fully saturated rings. The first-order valence-corrected chi connectivity index (χ1v) is 11.0. The fourth-order valence-corrected chi connectivity index (χ4v) is 4.04. The fraction of sp³-hybridized carbons (Fsp3) is 0.211. The highest BCUT2D eigenvalue weighted by molar-refractivity contribution is 9.10. The fourth-order valence-electron chi connectivity index (χ4n) is 2.50. The summed E-state index contributed by atoms with van der Waals surface area (Å²) in [6.45, 7) is 3.02. The van der Waals surface area contributed by atoms with Crippen molar-refractivity contribution in [3.05, 3.63) is 73.9 Å². The molecule has 0 atom stereocenters. The minimum atomic E-state index is -0.242. The van der Waals surface area contributed by atoms with Crippen LogP contribution < -0.4 is 5.32 Å². The SMILES string of the molecule is CCn1c(CNC(=O)c2ccc(Cl)c(Cl)c2)nnc1SCc1ccc(Br)cc1. The Morgan fingerprint density at radius 3 is 2.57 bits per heavy atom. The zero-order valence-electron chi connectivity index (χ0n) is 15.0. The zero-order chi connectivity index (χ0) is 20.1. The highest BCUT2D eigenvalue weighted by atomic mass is 79.9. The van der Waals surface area contributed by atoms with Crippen LogP contribution in [0.2, 0.25) is 10.0 Å². The Labute approximate surface area is 186 Å². The molecule has 1 aromatic heterocycles. The van der Waals surface area contributed by atoms with Crippen molar-refractivity contribution in [1.29, 1.82) is 0 Å². The van der Waals surface area contributed by atoms with Crippen molar-refractivity contribution < 1.29 is 4.79 Å². The van der Waals surface area contributed by atoms with Gasteiger partial charge in [0.25, 0.3) is 5.91 Å². The van der Waals surface area contributed by atoms with Gasteiger partial charge in [-0.15, -0.1) is 10.2 Å². The van der Waals surface area contributed by atoms with Crippen LogP contribution in [0.3, 0.4) is 0 Å². The lowest BCUT2D eigenvalue weighted by Crippen LogP contribution is -2.24. The van der Waals surface area contributed by atoms with Gasteiger partial charge in [0.1, 0.15) is 0 Å². The first kappa shape index (κ1) is 21.2. The van der Waals surface area contributed by atoms with Gasteiger partial charge in [0.05, 0.1) is 16.6 Å². The van der Waals surface area contributed by atoms with Crippen LogP contribution in [0, 0.1) is 0 Å². The smallest absolute Gasteiger partial charge is 0.251 e. The average Bonchev–Trinajstić information content (AvgIpc) is 3.09. The first-order valence-electron chi connectivity index (χ1n) is 8.50. The van der Waals surface area contributed by atoms with Crippen LogP contribution in [0.15, 0.2) is 52.1 Å². The van der Waals surface area contributed by atoms with Crippen LogP contribution in [0.25, 0.3) is 0 Å². The normalized spacial score (nSPS) is 10.9. The standard InChI is InChI=1S/C19H17BrCl2N4OS/c1-2-26-17(10-23-18(27)13-5-8-15(21)16(22)9-13)24-25-19(26)28-11-12-3-6-14(20)7-4-12/h3-9H,2,10-11H2,1H3,(H,23,27). The highest BCUT2D eigenvalue weighted by Gasteiger charge is 2.14. The van der Waals surface area contributed by atoms with Crippen molar-refractivity contribution >= 4 is 56.8 Å². The van der Waals surface area contributed by atoms with E-state index >= 15 is 0 Å². The number of carbonyl (C=O) groups excluding carboxylic acids is 1. The molecule has 0 saturated heterocycles. The second-order valence-corrected chi connectivity index (χ2v) is 8.54. The third-order valence-electron chi connectivity index (χ3n) is 3.98. The van der Waals surface area contributed by atoms with Crippen LogP contribution in [0.5, 0.6) is 0 Å². The Balaban J connectivity index is 1.63. The van der Waals surface area contributed by atoms with E-state index in [-0.39, 0.29) is 12.5 Å². The number of nitrogens with zero attached hydrogens (tertiary/aromatic N) is 3. The number of carbonyl (C=O) groups is 1. The summed E-state index contributed by atoms with van der Waals surface area (Å²) in [5, 5.41) is 12.9. The monoisotopic (exact) mass is 498 g/mol. The molecule has 5 nitrogen and oxygen atoms in total. The molecule has 0 aliphatic rings. The number of hydrogen-bond acceptors (Lipinski definition) is 4. The molecule has 3 rings (SSSR count). The predicted molar refractivity (Wildman–Crippen MR) is 117 cm³/mol. The summed E-state index contributed by atoms with van der Waals surface area (Å²) >= 11 is 16.9. The molecule has 0 radical (unpaired) electrons. The molecule has 2 aromatic carbocycles. The maximum absolute atomic E-state index is 12.3. The van der Waals surface area contributed by atoms with Crippen molar-refractivity contribution in [3.8, 4) is 0 Å². The van der Waals surface area contributed by atoms with Crippen LogP contribution >= 0.6 is 50.9 Å². The summed E-state index contributed by atoms with van der Waals surface area (Å²) in [7, 11) is 0. The molecule has 0 unspecified atom stereocenters. The molecule has 28 heavy (non-hydrogen) atoms. The number of aromatic nitrogens is 3. The Morgan fingerprint density at radius 2 is 1.89 bits per heavy atom. The van der Waals surface area contributed by atoms with Crippen LogP contribution in [-0.4, -0.2) is 20.7 Å². The van der Waals surface area contributed by atoms with Gasteiger partial charge in [-0.25, -0.2) is 0 Å². The molecule has 1 amide bonds.